The number of ketones is 3. The van der Waals surface area contributed by atoms with Crippen molar-refractivity contribution in [2.24, 2.45) is 17.8 Å². The zero-order valence-corrected chi connectivity index (χ0v) is 22.8. The number of carbonyl (C=O) groups excluding carboxylic acids is 4. The molecule has 0 spiro atoms. The minimum absolute atomic E-state index is 0.0241. The molecule has 4 rings (SSSR count). The number of aliphatic hydroxyl groups excluding tert-OH is 2. The Hall–Kier alpha value is -3.50. The van der Waals surface area contributed by atoms with E-state index in [0.717, 1.165) is 6.92 Å². The van der Waals surface area contributed by atoms with Crippen molar-refractivity contribution in [3.63, 3.8) is 0 Å². The molecule has 0 unspecified atom stereocenters. The van der Waals surface area contributed by atoms with Crippen molar-refractivity contribution in [3.05, 3.63) is 45.7 Å². The molecular formula is C29H35NO9. The Kier molecular flexibility index (Phi) is 7.48. The van der Waals surface area contributed by atoms with Crippen LogP contribution in [0.15, 0.2) is 29.0 Å². The van der Waals surface area contributed by atoms with Crippen molar-refractivity contribution in [3.8, 4) is 5.75 Å². The smallest absolute Gasteiger partial charge is 0.306 e. The lowest BCUT2D eigenvalue weighted by molar-refractivity contribution is -0.153. The number of phenols is 1. The van der Waals surface area contributed by atoms with Crippen LogP contribution < -0.4 is 0 Å². The van der Waals surface area contributed by atoms with Crippen molar-refractivity contribution < 1.29 is 44.3 Å². The SMILES string of the molecule is CC(=O)C1=C(O)[C@@]2(O)C(=O)C3=C(O)c4c(O)ccc(CCC(=O)OCC(C)C)c4C[C@H]3C[C@H]2[C@H](N(C)C)C1=O. The van der Waals surface area contributed by atoms with Crippen LogP contribution >= 0.6 is 0 Å². The molecule has 39 heavy (non-hydrogen) atoms. The first kappa shape index (κ1) is 28.5. The van der Waals surface area contributed by atoms with Gasteiger partial charge in [0.15, 0.2) is 17.2 Å². The number of fused-ring (bicyclic) bond motifs is 3. The van der Waals surface area contributed by atoms with Crippen LogP contribution in [0.1, 0.15) is 50.3 Å². The Balaban J connectivity index is 1.79. The van der Waals surface area contributed by atoms with Crippen molar-refractivity contribution >= 4 is 29.1 Å². The third-order valence-corrected chi connectivity index (χ3v) is 7.98. The second kappa shape index (κ2) is 10.2. The van der Waals surface area contributed by atoms with E-state index in [1.54, 1.807) is 20.2 Å². The summed E-state index contributed by atoms with van der Waals surface area (Å²) in [6, 6.07) is 1.95. The first-order chi connectivity index (χ1) is 18.2. The number of esters is 1. The summed E-state index contributed by atoms with van der Waals surface area (Å²) in [5.41, 5.74) is -2.14. The molecule has 1 saturated carbocycles. The van der Waals surface area contributed by atoms with Gasteiger partial charge in [0.05, 0.1) is 18.2 Å². The van der Waals surface area contributed by atoms with Crippen molar-refractivity contribution in [1.82, 2.24) is 4.90 Å². The van der Waals surface area contributed by atoms with Crippen molar-refractivity contribution in [1.29, 1.82) is 0 Å². The Morgan fingerprint density at radius 2 is 1.82 bits per heavy atom. The molecule has 0 saturated heterocycles. The number of carbonyl (C=O) groups is 4. The average Bonchev–Trinajstić information content (AvgIpc) is 2.84. The summed E-state index contributed by atoms with van der Waals surface area (Å²) >= 11 is 0. The van der Waals surface area contributed by atoms with Gasteiger partial charge in [0.25, 0.3) is 0 Å². The molecule has 0 bridgehead atoms. The molecule has 1 aromatic carbocycles. The number of likely N-dealkylation sites (N-methyl/N-ethyl adjacent to an activating group) is 1. The summed E-state index contributed by atoms with van der Waals surface area (Å²) in [7, 11) is 3.17. The van der Waals surface area contributed by atoms with Crippen LogP contribution in [0.2, 0.25) is 0 Å². The molecule has 10 heteroatoms. The summed E-state index contributed by atoms with van der Waals surface area (Å²) in [4.78, 5) is 53.1. The highest BCUT2D eigenvalue weighted by molar-refractivity contribution is 6.25. The van der Waals surface area contributed by atoms with Gasteiger partial charge in [-0.1, -0.05) is 19.9 Å². The van der Waals surface area contributed by atoms with Gasteiger partial charge in [0.2, 0.25) is 5.78 Å². The number of hydrogen-bond acceptors (Lipinski definition) is 10. The van der Waals surface area contributed by atoms with Crippen LogP contribution in [-0.2, 0) is 36.8 Å². The summed E-state index contributed by atoms with van der Waals surface area (Å²) in [6.45, 7) is 5.23. The Morgan fingerprint density at radius 3 is 2.41 bits per heavy atom. The molecule has 4 N–H and O–H groups in total. The summed E-state index contributed by atoms with van der Waals surface area (Å²) in [5.74, 6) is -6.22. The number of benzene rings is 1. The maximum absolute atomic E-state index is 13.9. The molecule has 1 aromatic rings. The zero-order chi connectivity index (χ0) is 29.0. The predicted octanol–water partition coefficient (Wildman–Crippen LogP) is 2.20. The minimum atomic E-state index is -2.60. The van der Waals surface area contributed by atoms with Crippen LogP contribution in [0.5, 0.6) is 5.75 Å². The summed E-state index contributed by atoms with van der Waals surface area (Å²) in [5, 5.41) is 44.6. The fraction of sp³-hybridized carbons (Fsp3) is 0.517. The van der Waals surface area contributed by atoms with E-state index in [4.69, 9.17) is 4.74 Å². The molecular weight excluding hydrogens is 506 g/mol. The van der Waals surface area contributed by atoms with Gasteiger partial charge < -0.3 is 25.2 Å². The molecule has 0 aliphatic heterocycles. The molecule has 0 radical (unpaired) electrons. The molecule has 3 aliphatic rings. The minimum Gasteiger partial charge on any atom is -0.508 e. The number of rotatable bonds is 7. The van der Waals surface area contributed by atoms with Crippen LogP contribution in [0.25, 0.3) is 5.76 Å². The quantitative estimate of drug-likeness (QED) is 0.297. The average molecular weight is 542 g/mol. The van der Waals surface area contributed by atoms with E-state index in [1.807, 2.05) is 13.8 Å². The molecule has 0 amide bonds. The topological polar surface area (TPSA) is 162 Å². The number of aryl methyl sites for hydroxylation is 1. The maximum Gasteiger partial charge on any atom is 0.306 e. The monoisotopic (exact) mass is 541 g/mol. The Morgan fingerprint density at radius 1 is 1.15 bits per heavy atom. The first-order valence-corrected chi connectivity index (χ1v) is 13.1. The molecule has 3 aliphatic carbocycles. The highest BCUT2D eigenvalue weighted by Gasteiger charge is 2.64. The fourth-order valence-corrected chi connectivity index (χ4v) is 6.21. The molecule has 210 valence electrons. The second-order valence-corrected chi connectivity index (χ2v) is 11.3. The number of ether oxygens (including phenoxy) is 1. The van der Waals surface area contributed by atoms with Crippen molar-refractivity contribution in [2.45, 2.75) is 58.1 Å². The normalized spacial score (nSPS) is 26.5. The molecule has 10 nitrogen and oxygen atoms in total. The number of phenolic OH excluding ortho intramolecular Hbond substituents is 1. The highest BCUT2D eigenvalue weighted by atomic mass is 16.5. The zero-order valence-electron chi connectivity index (χ0n) is 22.8. The number of nitrogens with zero attached hydrogens (tertiary/aromatic N) is 1. The van der Waals surface area contributed by atoms with Gasteiger partial charge in [0, 0.05) is 17.9 Å². The lowest BCUT2D eigenvalue weighted by Crippen LogP contribution is -2.65. The van der Waals surface area contributed by atoms with Gasteiger partial charge in [-0.3, -0.25) is 24.1 Å². The van der Waals surface area contributed by atoms with Gasteiger partial charge >= 0.3 is 5.97 Å². The van der Waals surface area contributed by atoms with Crippen LogP contribution in [0, 0.1) is 17.8 Å². The molecule has 0 heterocycles. The number of aliphatic hydroxyl groups is 3. The Labute approximate surface area is 226 Å². The van der Waals surface area contributed by atoms with E-state index in [1.165, 1.54) is 11.0 Å². The number of Topliss-reactive ketones (excluding diaryl/α,β-unsaturated/α-hetero) is 3. The highest BCUT2D eigenvalue weighted by Crippen LogP contribution is 2.53. The standard InChI is InChI=1S/C29H35NO9/c1-13(2)12-39-20(33)9-7-15-6-8-19(32)23-17(15)10-16-11-18-24(30(4)5)26(35)21(14(3)31)27(36)29(18,38)28(37)22(16)25(23)34/h6,8,13,16,18,24,32,34,36,38H,7,9-12H2,1-5H3/t16-,18-,24-,29+/m0/s1. The first-order valence-electron chi connectivity index (χ1n) is 13.1. The maximum atomic E-state index is 13.9. The van der Waals surface area contributed by atoms with E-state index in [9.17, 15) is 39.6 Å². The second-order valence-electron chi connectivity index (χ2n) is 11.3. The number of aromatic hydroxyl groups is 1. The summed E-state index contributed by atoms with van der Waals surface area (Å²) in [6.07, 6.45) is 0.587. The van der Waals surface area contributed by atoms with Gasteiger partial charge in [-0.2, -0.15) is 0 Å². The third kappa shape index (κ3) is 4.55. The van der Waals surface area contributed by atoms with Gasteiger partial charge in [0.1, 0.15) is 22.8 Å². The van der Waals surface area contributed by atoms with Gasteiger partial charge in [-0.15, -0.1) is 0 Å². The van der Waals surface area contributed by atoms with E-state index in [2.05, 4.69) is 0 Å². The van der Waals surface area contributed by atoms with E-state index >= 15 is 0 Å². The number of hydrogen-bond donors (Lipinski definition) is 4. The van der Waals surface area contributed by atoms with E-state index in [0.29, 0.717) is 17.7 Å². The van der Waals surface area contributed by atoms with Crippen molar-refractivity contribution in [2.75, 3.05) is 20.7 Å². The Bertz CT molecular complexity index is 1320. The predicted molar refractivity (Wildman–Crippen MR) is 140 cm³/mol. The molecule has 1 fully saturated rings. The molecule has 0 aromatic heterocycles. The molecule has 4 atom stereocenters. The van der Waals surface area contributed by atoms with Crippen LogP contribution in [-0.4, -0.2) is 81.0 Å². The van der Waals surface area contributed by atoms with E-state index in [-0.39, 0.29) is 54.5 Å². The van der Waals surface area contributed by atoms with Crippen LogP contribution in [0.3, 0.4) is 0 Å². The van der Waals surface area contributed by atoms with Crippen LogP contribution in [0.4, 0.5) is 0 Å². The van der Waals surface area contributed by atoms with E-state index < -0.39 is 57.9 Å². The largest absolute Gasteiger partial charge is 0.508 e. The lowest BCUT2D eigenvalue weighted by Gasteiger charge is -2.50. The fourth-order valence-electron chi connectivity index (χ4n) is 6.21. The summed E-state index contributed by atoms with van der Waals surface area (Å²) < 4.78 is 5.26. The van der Waals surface area contributed by atoms with Gasteiger partial charge in [-0.05, 0) is 69.3 Å². The lowest BCUT2D eigenvalue weighted by atomic mass is 9.57. The van der Waals surface area contributed by atoms with Gasteiger partial charge in [-0.25, -0.2) is 0 Å². The third-order valence-electron chi connectivity index (χ3n) is 7.98.